The molecule has 9 nitrogen and oxygen atoms in total. The van der Waals surface area contributed by atoms with E-state index >= 15 is 0 Å². The van der Waals surface area contributed by atoms with Gasteiger partial charge >= 0.3 is 0 Å². The average molecular weight is 437 g/mol. The number of hydrogen-bond acceptors (Lipinski definition) is 7. The highest BCUT2D eigenvalue weighted by molar-refractivity contribution is 6.24. The van der Waals surface area contributed by atoms with Gasteiger partial charge in [-0.05, 0) is 30.2 Å². The van der Waals surface area contributed by atoms with Crippen molar-refractivity contribution in [3.05, 3.63) is 64.7 Å². The van der Waals surface area contributed by atoms with Crippen LogP contribution < -0.4 is 16.0 Å². The molecule has 0 radical (unpaired) electrons. The summed E-state index contributed by atoms with van der Waals surface area (Å²) in [6.07, 6.45) is 1.34. The molecule has 1 aromatic carbocycles. The largest absolute Gasteiger partial charge is 0.312 e. The summed E-state index contributed by atoms with van der Waals surface area (Å²) in [5.74, 6) is -2.56. The van der Waals surface area contributed by atoms with Crippen molar-refractivity contribution in [3.63, 3.8) is 0 Å². The molecular weight excluding hydrogens is 417 g/mol. The van der Waals surface area contributed by atoms with Gasteiger partial charge in [-0.1, -0.05) is 12.1 Å². The Morgan fingerprint density at radius 2 is 1.94 bits per heavy atom. The number of fused-ring (bicyclic) bond motifs is 1. The van der Waals surface area contributed by atoms with Gasteiger partial charge in [-0.3, -0.25) is 39.7 Å². The minimum Gasteiger partial charge on any atom is -0.312 e. The van der Waals surface area contributed by atoms with Gasteiger partial charge in [0.15, 0.2) is 0 Å². The summed E-state index contributed by atoms with van der Waals surface area (Å²) in [6.45, 7) is 1.43. The summed E-state index contributed by atoms with van der Waals surface area (Å²) in [7, 11) is 0. The van der Waals surface area contributed by atoms with Gasteiger partial charge < -0.3 is 5.32 Å². The fourth-order valence-corrected chi connectivity index (χ4v) is 4.43. The minimum absolute atomic E-state index is 0.0679. The van der Waals surface area contributed by atoms with Crippen LogP contribution in [-0.2, 0) is 21.7 Å². The van der Waals surface area contributed by atoms with E-state index in [9.17, 15) is 23.6 Å². The Bertz CT molecular complexity index is 1150. The fraction of sp³-hybridized carbons (Fsp3) is 0.318. The molecule has 0 spiro atoms. The summed E-state index contributed by atoms with van der Waals surface area (Å²) in [5, 5.41) is 8.78. The second-order valence-corrected chi connectivity index (χ2v) is 8.19. The SMILES string of the molecule is O=C1CCC(N2C(=O)c3cccc(CNC4(c5ccc(F)cn5)CNC4)c3C2=O)C(=O)N1. The molecule has 0 saturated carbocycles. The monoisotopic (exact) mass is 437 g/mol. The number of carbonyl (C=O) groups excluding carboxylic acids is 4. The Labute approximate surface area is 182 Å². The molecule has 4 amide bonds. The summed E-state index contributed by atoms with van der Waals surface area (Å²) < 4.78 is 13.3. The zero-order valence-electron chi connectivity index (χ0n) is 17.0. The lowest BCUT2D eigenvalue weighted by atomic mass is 9.87. The topological polar surface area (TPSA) is 120 Å². The maximum Gasteiger partial charge on any atom is 0.262 e. The highest BCUT2D eigenvalue weighted by atomic mass is 19.1. The van der Waals surface area contributed by atoms with Gasteiger partial charge in [-0.25, -0.2) is 4.39 Å². The highest BCUT2D eigenvalue weighted by Gasteiger charge is 2.46. The summed E-state index contributed by atoms with van der Waals surface area (Å²) >= 11 is 0. The van der Waals surface area contributed by atoms with Crippen molar-refractivity contribution < 1.29 is 23.6 Å². The lowest BCUT2D eigenvalue weighted by Crippen LogP contribution is -2.65. The predicted octanol–water partition coefficient (Wildman–Crippen LogP) is 0.210. The fourth-order valence-electron chi connectivity index (χ4n) is 4.43. The van der Waals surface area contributed by atoms with Crippen molar-refractivity contribution in [2.45, 2.75) is 31.0 Å². The van der Waals surface area contributed by atoms with E-state index in [1.807, 2.05) is 0 Å². The van der Waals surface area contributed by atoms with Crippen molar-refractivity contribution in [2.75, 3.05) is 13.1 Å². The molecule has 3 aliphatic heterocycles. The number of rotatable bonds is 5. The number of hydrogen-bond donors (Lipinski definition) is 3. The zero-order chi connectivity index (χ0) is 22.5. The van der Waals surface area contributed by atoms with Gasteiger partial charge in [0.25, 0.3) is 11.8 Å². The van der Waals surface area contributed by atoms with Crippen molar-refractivity contribution in [2.24, 2.45) is 0 Å². The Balaban J connectivity index is 1.40. The molecule has 0 bridgehead atoms. The number of benzene rings is 1. The molecule has 2 saturated heterocycles. The van der Waals surface area contributed by atoms with E-state index in [2.05, 4.69) is 20.9 Å². The van der Waals surface area contributed by atoms with Crippen LogP contribution in [0.3, 0.4) is 0 Å². The number of nitrogens with one attached hydrogen (secondary N) is 3. The molecule has 32 heavy (non-hydrogen) atoms. The molecule has 5 rings (SSSR count). The van der Waals surface area contributed by atoms with E-state index in [1.54, 1.807) is 24.3 Å². The molecule has 2 aromatic rings. The van der Waals surface area contributed by atoms with Crippen LogP contribution in [-0.4, -0.2) is 52.6 Å². The van der Waals surface area contributed by atoms with E-state index in [4.69, 9.17) is 0 Å². The van der Waals surface area contributed by atoms with Crippen LogP contribution in [0.5, 0.6) is 0 Å². The third-order valence-corrected chi connectivity index (χ3v) is 6.24. The third kappa shape index (κ3) is 3.19. The number of nitrogens with zero attached hydrogens (tertiary/aromatic N) is 2. The lowest BCUT2D eigenvalue weighted by molar-refractivity contribution is -0.136. The number of pyridine rings is 1. The second kappa shape index (κ2) is 7.57. The molecule has 164 valence electrons. The molecule has 1 aromatic heterocycles. The average Bonchev–Trinajstić information content (AvgIpc) is 3.00. The lowest BCUT2D eigenvalue weighted by Gasteiger charge is -2.43. The van der Waals surface area contributed by atoms with E-state index in [0.29, 0.717) is 24.3 Å². The first-order valence-corrected chi connectivity index (χ1v) is 10.3. The van der Waals surface area contributed by atoms with Crippen LogP contribution in [0.2, 0.25) is 0 Å². The third-order valence-electron chi connectivity index (χ3n) is 6.24. The van der Waals surface area contributed by atoms with Gasteiger partial charge in [0, 0.05) is 26.1 Å². The number of piperidine rings is 1. The van der Waals surface area contributed by atoms with Crippen LogP contribution in [0.1, 0.15) is 44.8 Å². The van der Waals surface area contributed by atoms with Crippen molar-refractivity contribution in [1.82, 2.24) is 25.8 Å². The van der Waals surface area contributed by atoms with Crippen molar-refractivity contribution >= 4 is 23.6 Å². The Hall–Kier alpha value is -3.50. The minimum atomic E-state index is -1.01. The number of halogens is 1. The van der Waals surface area contributed by atoms with Crippen LogP contribution in [0.4, 0.5) is 4.39 Å². The first-order valence-electron chi connectivity index (χ1n) is 10.3. The van der Waals surface area contributed by atoms with Gasteiger partial charge in [0.05, 0.1) is 28.6 Å². The molecular formula is C22H20FN5O4. The Morgan fingerprint density at radius 3 is 2.59 bits per heavy atom. The quantitative estimate of drug-likeness (QED) is 0.572. The molecule has 0 aliphatic carbocycles. The van der Waals surface area contributed by atoms with Gasteiger partial charge in [0.1, 0.15) is 11.9 Å². The first kappa shape index (κ1) is 20.4. The number of aromatic nitrogens is 1. The Morgan fingerprint density at radius 1 is 1.12 bits per heavy atom. The van der Waals surface area contributed by atoms with Crippen molar-refractivity contribution in [3.8, 4) is 0 Å². The Kier molecular flexibility index (Phi) is 4.83. The standard InChI is InChI=1S/C22H20FN5O4/c23-13-4-6-16(25-9-13)22(10-24-11-22)26-8-12-2-1-3-14-18(12)21(32)28(20(14)31)15-5-7-17(29)27-19(15)30/h1-4,6,9,15,24,26H,5,7-8,10-11H2,(H,27,29,30). The number of imide groups is 2. The van der Waals surface area contributed by atoms with Crippen molar-refractivity contribution in [1.29, 1.82) is 0 Å². The van der Waals surface area contributed by atoms with Crippen LogP contribution in [0.25, 0.3) is 0 Å². The summed E-state index contributed by atoms with van der Waals surface area (Å²) in [5.41, 5.74) is 1.26. The molecule has 1 atom stereocenters. The second-order valence-electron chi connectivity index (χ2n) is 8.19. The molecule has 1 unspecified atom stereocenters. The van der Waals surface area contributed by atoms with E-state index in [1.165, 1.54) is 6.07 Å². The number of carbonyl (C=O) groups is 4. The van der Waals surface area contributed by atoms with Gasteiger partial charge in [0.2, 0.25) is 11.8 Å². The highest BCUT2D eigenvalue weighted by Crippen LogP contribution is 2.31. The predicted molar refractivity (Wildman–Crippen MR) is 109 cm³/mol. The molecule has 3 N–H and O–H groups in total. The van der Waals surface area contributed by atoms with Crippen LogP contribution in [0.15, 0.2) is 36.5 Å². The molecule has 3 aliphatic rings. The first-order chi connectivity index (χ1) is 15.4. The van der Waals surface area contributed by atoms with E-state index in [0.717, 1.165) is 11.1 Å². The van der Waals surface area contributed by atoms with Crippen LogP contribution >= 0.6 is 0 Å². The number of amides is 4. The maximum atomic E-state index is 13.3. The maximum absolute atomic E-state index is 13.3. The van der Waals surface area contributed by atoms with E-state index in [-0.39, 0.29) is 30.5 Å². The zero-order valence-corrected chi connectivity index (χ0v) is 17.0. The summed E-state index contributed by atoms with van der Waals surface area (Å²) in [6, 6.07) is 6.97. The van der Waals surface area contributed by atoms with Gasteiger partial charge in [-0.2, -0.15) is 0 Å². The van der Waals surface area contributed by atoms with E-state index < -0.39 is 41.0 Å². The normalized spacial score (nSPS) is 21.9. The molecule has 2 fully saturated rings. The van der Waals surface area contributed by atoms with Crippen LogP contribution in [0, 0.1) is 5.82 Å². The van der Waals surface area contributed by atoms with Gasteiger partial charge in [-0.15, -0.1) is 0 Å². The summed E-state index contributed by atoms with van der Waals surface area (Å²) in [4.78, 5) is 55.1. The smallest absolute Gasteiger partial charge is 0.262 e. The molecule has 4 heterocycles. The molecule has 10 heteroatoms.